The monoisotopic (exact) mass is 436 g/mol. The normalized spacial score (nSPS) is 14.8. The Bertz CT molecular complexity index is 1180. The highest BCUT2D eigenvalue weighted by molar-refractivity contribution is 7.20. The van der Waals surface area contributed by atoms with Gasteiger partial charge in [0.05, 0.1) is 11.0 Å². The molecule has 1 saturated heterocycles. The van der Waals surface area contributed by atoms with Crippen LogP contribution in [0.5, 0.6) is 5.19 Å². The van der Waals surface area contributed by atoms with Crippen molar-refractivity contribution in [3.63, 3.8) is 0 Å². The van der Waals surface area contributed by atoms with Gasteiger partial charge in [0.25, 0.3) is 11.1 Å². The molecule has 1 aliphatic rings. The molecule has 1 aliphatic heterocycles. The molecule has 6 nitrogen and oxygen atoms in total. The van der Waals surface area contributed by atoms with Crippen LogP contribution in [0.15, 0.2) is 61.2 Å². The lowest BCUT2D eigenvalue weighted by atomic mass is 10.1. The Labute approximate surface area is 182 Å². The topological polar surface area (TPSA) is 60.2 Å². The molecule has 31 heavy (non-hydrogen) atoms. The zero-order valence-electron chi connectivity index (χ0n) is 16.8. The standard InChI is InChI=1S/C23H21FN4O2S/c24-19-2-1-3-20-21(19)26-23(31-20)30-18-8-11-28(12-9-18)22(29)17-6-4-16(5-7-17)14-27-13-10-25-15-27/h1-7,10,13,15,18H,8-9,11-12,14H2. The Morgan fingerprint density at radius 1 is 1.16 bits per heavy atom. The summed E-state index contributed by atoms with van der Waals surface area (Å²) < 4.78 is 22.6. The van der Waals surface area contributed by atoms with E-state index >= 15 is 0 Å². The van der Waals surface area contributed by atoms with Crippen LogP contribution in [0.2, 0.25) is 0 Å². The molecular weight excluding hydrogens is 415 g/mol. The van der Waals surface area contributed by atoms with E-state index in [0.717, 1.165) is 29.6 Å². The Morgan fingerprint density at radius 3 is 2.68 bits per heavy atom. The van der Waals surface area contributed by atoms with Crippen molar-refractivity contribution in [1.29, 1.82) is 0 Å². The quantitative estimate of drug-likeness (QED) is 0.466. The van der Waals surface area contributed by atoms with Gasteiger partial charge in [-0.25, -0.2) is 9.37 Å². The fraction of sp³-hybridized carbons (Fsp3) is 0.261. The summed E-state index contributed by atoms with van der Waals surface area (Å²) in [5.74, 6) is -0.297. The second-order valence-corrected chi connectivity index (χ2v) is 8.60. The number of hydrogen-bond acceptors (Lipinski definition) is 5. The molecule has 3 heterocycles. The van der Waals surface area contributed by atoms with E-state index in [2.05, 4.69) is 9.97 Å². The largest absolute Gasteiger partial charge is 0.467 e. The third-order valence-electron chi connectivity index (χ3n) is 5.47. The molecule has 0 spiro atoms. The number of likely N-dealkylation sites (tertiary alicyclic amines) is 1. The summed E-state index contributed by atoms with van der Waals surface area (Å²) in [5.41, 5.74) is 2.16. The van der Waals surface area contributed by atoms with Crippen molar-refractivity contribution in [2.45, 2.75) is 25.5 Å². The summed E-state index contributed by atoms with van der Waals surface area (Å²) in [5, 5.41) is 0.485. The summed E-state index contributed by atoms with van der Waals surface area (Å²) in [6, 6.07) is 12.6. The van der Waals surface area contributed by atoms with Gasteiger partial charge in [-0.1, -0.05) is 29.5 Å². The predicted molar refractivity (Wildman–Crippen MR) is 117 cm³/mol. The first-order valence-electron chi connectivity index (χ1n) is 10.2. The van der Waals surface area contributed by atoms with Crippen LogP contribution in [0, 0.1) is 5.82 Å². The summed E-state index contributed by atoms with van der Waals surface area (Å²) in [4.78, 5) is 23.1. The van der Waals surface area contributed by atoms with Crippen molar-refractivity contribution in [3.05, 3.63) is 78.1 Å². The van der Waals surface area contributed by atoms with Crippen LogP contribution in [0.3, 0.4) is 0 Å². The molecular formula is C23H21FN4O2S. The molecule has 0 radical (unpaired) electrons. The van der Waals surface area contributed by atoms with Crippen LogP contribution in [0.25, 0.3) is 10.2 Å². The smallest absolute Gasteiger partial charge is 0.274 e. The maximum Gasteiger partial charge on any atom is 0.274 e. The molecule has 1 amide bonds. The van der Waals surface area contributed by atoms with Crippen LogP contribution in [-0.2, 0) is 6.54 Å². The molecule has 0 atom stereocenters. The Kier molecular flexibility index (Phi) is 5.38. The number of para-hydroxylation sites is 1. The van der Waals surface area contributed by atoms with Gasteiger partial charge in [-0.2, -0.15) is 4.98 Å². The zero-order chi connectivity index (χ0) is 21.2. The predicted octanol–water partition coefficient (Wildman–Crippen LogP) is 4.36. The molecule has 1 fully saturated rings. The number of carbonyl (C=O) groups excluding carboxylic acids is 1. The lowest BCUT2D eigenvalue weighted by Gasteiger charge is -2.31. The first kappa shape index (κ1) is 19.7. The van der Waals surface area contributed by atoms with Crippen molar-refractivity contribution in [2.75, 3.05) is 13.1 Å². The van der Waals surface area contributed by atoms with Crippen molar-refractivity contribution in [3.8, 4) is 5.19 Å². The van der Waals surface area contributed by atoms with Crippen LogP contribution < -0.4 is 4.74 Å². The zero-order valence-corrected chi connectivity index (χ0v) is 17.6. The minimum absolute atomic E-state index is 0.0229. The number of piperidine rings is 1. The fourth-order valence-electron chi connectivity index (χ4n) is 3.79. The van der Waals surface area contributed by atoms with Gasteiger partial charge >= 0.3 is 0 Å². The van der Waals surface area contributed by atoms with Crippen molar-refractivity contribution in [1.82, 2.24) is 19.4 Å². The number of hydrogen-bond donors (Lipinski definition) is 0. The van der Waals surface area contributed by atoms with Gasteiger partial charge < -0.3 is 14.2 Å². The second kappa shape index (κ2) is 8.47. The summed E-state index contributed by atoms with van der Waals surface area (Å²) >= 11 is 1.35. The van der Waals surface area contributed by atoms with Gasteiger partial charge in [0.2, 0.25) is 0 Å². The van der Waals surface area contributed by atoms with Crippen molar-refractivity contribution < 1.29 is 13.9 Å². The molecule has 0 N–H and O–H groups in total. The number of amides is 1. The highest BCUT2D eigenvalue weighted by Crippen LogP contribution is 2.31. The summed E-state index contributed by atoms with van der Waals surface area (Å²) in [7, 11) is 0. The van der Waals surface area contributed by atoms with E-state index in [4.69, 9.17) is 4.74 Å². The number of ether oxygens (including phenoxy) is 1. The van der Waals surface area contributed by atoms with E-state index in [1.54, 1.807) is 18.6 Å². The number of benzene rings is 2. The lowest BCUT2D eigenvalue weighted by Crippen LogP contribution is -2.41. The minimum atomic E-state index is -0.333. The maximum absolute atomic E-state index is 13.8. The van der Waals surface area contributed by atoms with Crippen LogP contribution in [0.4, 0.5) is 4.39 Å². The molecule has 0 saturated carbocycles. The van der Waals surface area contributed by atoms with Gasteiger partial charge in [-0.05, 0) is 29.8 Å². The van der Waals surface area contributed by atoms with Gasteiger partial charge in [-0.15, -0.1) is 0 Å². The highest BCUT2D eigenvalue weighted by atomic mass is 32.1. The van der Waals surface area contributed by atoms with E-state index < -0.39 is 0 Å². The Morgan fingerprint density at radius 2 is 1.97 bits per heavy atom. The van der Waals surface area contributed by atoms with Crippen LogP contribution in [-0.4, -0.2) is 44.5 Å². The number of thiazole rings is 1. The molecule has 0 bridgehead atoms. The second-order valence-electron chi connectivity index (χ2n) is 7.61. The minimum Gasteiger partial charge on any atom is -0.467 e. The van der Waals surface area contributed by atoms with E-state index in [1.807, 2.05) is 46.0 Å². The Hall–Kier alpha value is -3.26. The first-order valence-corrected chi connectivity index (χ1v) is 11.0. The summed E-state index contributed by atoms with van der Waals surface area (Å²) in [6.07, 6.45) is 6.86. The molecule has 0 unspecified atom stereocenters. The Balaban J connectivity index is 1.17. The molecule has 158 valence electrons. The van der Waals surface area contributed by atoms with Gasteiger partial charge in [0.1, 0.15) is 17.4 Å². The molecule has 2 aromatic heterocycles. The van der Waals surface area contributed by atoms with Crippen LogP contribution >= 0.6 is 11.3 Å². The molecule has 4 aromatic rings. The SMILES string of the molecule is O=C(c1ccc(Cn2ccnc2)cc1)N1CCC(Oc2nc3c(F)cccc3s2)CC1. The number of imidazole rings is 1. The molecule has 0 aliphatic carbocycles. The summed E-state index contributed by atoms with van der Waals surface area (Å²) in [6.45, 7) is 1.98. The number of rotatable bonds is 5. The number of aromatic nitrogens is 3. The number of carbonyl (C=O) groups is 1. The lowest BCUT2D eigenvalue weighted by molar-refractivity contribution is 0.0595. The van der Waals surface area contributed by atoms with Crippen molar-refractivity contribution in [2.24, 2.45) is 0 Å². The number of halogens is 1. The highest BCUT2D eigenvalue weighted by Gasteiger charge is 2.25. The van der Waals surface area contributed by atoms with E-state index in [9.17, 15) is 9.18 Å². The van der Waals surface area contributed by atoms with E-state index in [0.29, 0.717) is 29.4 Å². The van der Waals surface area contributed by atoms with Gasteiger partial charge in [0.15, 0.2) is 0 Å². The molecule has 5 rings (SSSR count). The molecule has 8 heteroatoms. The van der Waals surface area contributed by atoms with Crippen LogP contribution in [0.1, 0.15) is 28.8 Å². The average Bonchev–Trinajstić information content (AvgIpc) is 3.45. The third kappa shape index (κ3) is 4.29. The third-order valence-corrected chi connectivity index (χ3v) is 6.38. The van der Waals surface area contributed by atoms with Crippen molar-refractivity contribution >= 4 is 27.5 Å². The van der Waals surface area contributed by atoms with Gasteiger partial charge in [-0.3, -0.25) is 4.79 Å². The fourth-order valence-corrected chi connectivity index (χ4v) is 4.69. The average molecular weight is 437 g/mol. The van der Waals surface area contributed by atoms with E-state index in [1.165, 1.54) is 17.4 Å². The van der Waals surface area contributed by atoms with Gasteiger partial charge in [0, 0.05) is 50.4 Å². The number of nitrogens with zero attached hydrogens (tertiary/aromatic N) is 4. The molecule has 2 aromatic carbocycles. The first-order chi connectivity index (χ1) is 15.2. The van der Waals surface area contributed by atoms with E-state index in [-0.39, 0.29) is 17.8 Å². The maximum atomic E-state index is 13.8. The number of fused-ring (bicyclic) bond motifs is 1.